The second-order valence-corrected chi connectivity index (χ2v) is 11.9. The summed E-state index contributed by atoms with van der Waals surface area (Å²) in [5.74, 6) is 0.515. The Bertz CT molecular complexity index is 385. The molecular weight excluding hydrogens is 404 g/mol. The maximum atomic E-state index is 6.25. The standard InChI is InChI=1S/C20H46N2O5Si2/c1-8-21-15-18(29(25-12-5,26-13-6)27-14-7)16-22(9-2)20(21)28-17-19(23-10-3)24-11-4/h18-20H,8-17,28H2,1-7H3. The average Bonchev–Trinajstić information content (AvgIpc) is 2.72. The lowest BCUT2D eigenvalue weighted by Crippen LogP contribution is -2.65. The Labute approximate surface area is 182 Å². The molecule has 0 spiro atoms. The Hall–Kier alpha value is 0.154. The van der Waals surface area contributed by atoms with Gasteiger partial charge in [0.05, 0.1) is 15.1 Å². The highest BCUT2D eigenvalue weighted by Gasteiger charge is 2.53. The van der Waals surface area contributed by atoms with E-state index in [1.807, 2.05) is 34.6 Å². The van der Waals surface area contributed by atoms with E-state index in [-0.39, 0.29) is 11.8 Å². The molecule has 7 nitrogen and oxygen atoms in total. The van der Waals surface area contributed by atoms with Gasteiger partial charge in [-0.25, -0.2) is 0 Å². The van der Waals surface area contributed by atoms with Crippen LogP contribution >= 0.6 is 0 Å². The van der Waals surface area contributed by atoms with E-state index in [9.17, 15) is 0 Å². The van der Waals surface area contributed by atoms with Gasteiger partial charge in [-0.1, -0.05) is 13.8 Å². The van der Waals surface area contributed by atoms with Crippen molar-refractivity contribution in [3.63, 3.8) is 0 Å². The first kappa shape index (κ1) is 27.2. The van der Waals surface area contributed by atoms with Crippen LogP contribution in [0.4, 0.5) is 0 Å². The van der Waals surface area contributed by atoms with Gasteiger partial charge in [-0.3, -0.25) is 9.80 Å². The van der Waals surface area contributed by atoms with Crippen LogP contribution in [0.1, 0.15) is 48.5 Å². The van der Waals surface area contributed by atoms with Gasteiger partial charge >= 0.3 is 8.80 Å². The topological polar surface area (TPSA) is 52.6 Å². The molecule has 0 unspecified atom stereocenters. The van der Waals surface area contributed by atoms with Crippen LogP contribution in [-0.2, 0) is 22.8 Å². The summed E-state index contributed by atoms with van der Waals surface area (Å²) >= 11 is 0. The molecule has 0 radical (unpaired) electrons. The van der Waals surface area contributed by atoms with E-state index in [0.29, 0.717) is 38.8 Å². The maximum Gasteiger partial charge on any atom is 0.506 e. The van der Waals surface area contributed by atoms with Crippen molar-refractivity contribution in [2.75, 3.05) is 59.2 Å². The van der Waals surface area contributed by atoms with Crippen molar-refractivity contribution >= 4 is 18.3 Å². The molecule has 0 N–H and O–H groups in total. The highest BCUT2D eigenvalue weighted by molar-refractivity contribution is 6.62. The van der Waals surface area contributed by atoms with Crippen LogP contribution in [-0.4, -0.2) is 99.4 Å². The van der Waals surface area contributed by atoms with Crippen LogP contribution in [0.3, 0.4) is 0 Å². The third-order valence-electron chi connectivity index (χ3n) is 5.47. The summed E-state index contributed by atoms with van der Waals surface area (Å²) in [4.78, 5) is 5.22. The predicted octanol–water partition coefficient (Wildman–Crippen LogP) is 2.33. The fourth-order valence-corrected chi connectivity index (χ4v) is 9.85. The summed E-state index contributed by atoms with van der Waals surface area (Å²) in [6, 6.07) is 1.04. The molecule has 0 bridgehead atoms. The first-order valence-electron chi connectivity index (χ1n) is 11.7. The van der Waals surface area contributed by atoms with Crippen LogP contribution in [0.5, 0.6) is 0 Å². The lowest BCUT2D eigenvalue weighted by Gasteiger charge is -2.50. The molecule has 1 rings (SSSR count). The van der Waals surface area contributed by atoms with Crippen LogP contribution < -0.4 is 0 Å². The van der Waals surface area contributed by atoms with Crippen molar-refractivity contribution in [1.29, 1.82) is 0 Å². The molecule has 0 saturated carbocycles. The zero-order valence-corrected chi connectivity index (χ0v) is 22.4. The first-order chi connectivity index (χ1) is 14.0. The van der Waals surface area contributed by atoms with E-state index in [2.05, 4.69) is 23.6 Å². The fraction of sp³-hybridized carbons (Fsp3) is 1.00. The molecule has 29 heavy (non-hydrogen) atoms. The Kier molecular flexibility index (Phi) is 14.1. The number of hydrogen-bond acceptors (Lipinski definition) is 7. The van der Waals surface area contributed by atoms with Crippen molar-refractivity contribution in [1.82, 2.24) is 9.80 Å². The monoisotopic (exact) mass is 450 g/mol. The van der Waals surface area contributed by atoms with E-state index >= 15 is 0 Å². The van der Waals surface area contributed by atoms with Gasteiger partial charge < -0.3 is 22.8 Å². The zero-order chi connectivity index (χ0) is 21.7. The van der Waals surface area contributed by atoms with Crippen molar-refractivity contribution in [3.05, 3.63) is 0 Å². The van der Waals surface area contributed by atoms with Crippen molar-refractivity contribution in [2.24, 2.45) is 0 Å². The minimum atomic E-state index is -2.73. The van der Waals surface area contributed by atoms with Crippen molar-refractivity contribution in [3.8, 4) is 0 Å². The molecule has 1 saturated heterocycles. The lowest BCUT2D eigenvalue weighted by molar-refractivity contribution is -0.123. The lowest BCUT2D eigenvalue weighted by atomic mass is 10.3. The molecule has 0 aromatic heterocycles. The van der Waals surface area contributed by atoms with Crippen molar-refractivity contribution < 1.29 is 22.8 Å². The molecule has 0 aromatic rings. The third-order valence-corrected chi connectivity index (χ3v) is 11.3. The molecule has 174 valence electrons. The van der Waals surface area contributed by atoms with E-state index in [4.69, 9.17) is 22.8 Å². The molecule has 0 atom stereocenters. The highest BCUT2D eigenvalue weighted by Crippen LogP contribution is 2.33. The summed E-state index contributed by atoms with van der Waals surface area (Å²) in [7, 11) is -3.17. The molecule has 0 amide bonds. The van der Waals surface area contributed by atoms with Crippen LogP contribution in [0, 0.1) is 0 Å². The minimum Gasteiger partial charge on any atom is -0.374 e. The Morgan fingerprint density at radius 1 is 0.759 bits per heavy atom. The van der Waals surface area contributed by atoms with Gasteiger partial charge in [-0.05, 0) is 53.8 Å². The zero-order valence-electron chi connectivity index (χ0n) is 19.9. The summed E-state index contributed by atoms with van der Waals surface area (Å²) in [6.07, 6.45) is -0.0597. The van der Waals surface area contributed by atoms with Gasteiger partial charge in [0.25, 0.3) is 0 Å². The largest absolute Gasteiger partial charge is 0.506 e. The number of ether oxygens (including phenoxy) is 2. The SMILES string of the molecule is CCOC(C[SiH2]C1N(CC)CC([Si](OCC)(OCC)OCC)CN1CC)OCC. The van der Waals surface area contributed by atoms with Gasteiger partial charge in [0, 0.05) is 51.9 Å². The molecule has 1 fully saturated rings. The fourth-order valence-electron chi connectivity index (χ4n) is 4.32. The van der Waals surface area contributed by atoms with Gasteiger partial charge in [0.15, 0.2) is 6.29 Å². The number of hydrogen-bond donors (Lipinski definition) is 0. The molecule has 1 heterocycles. The van der Waals surface area contributed by atoms with E-state index < -0.39 is 18.3 Å². The van der Waals surface area contributed by atoms with Gasteiger partial charge in [-0.15, -0.1) is 0 Å². The Morgan fingerprint density at radius 2 is 1.21 bits per heavy atom. The molecule has 0 aliphatic carbocycles. The van der Waals surface area contributed by atoms with Crippen LogP contribution in [0.2, 0.25) is 11.6 Å². The predicted molar refractivity (Wildman–Crippen MR) is 123 cm³/mol. The van der Waals surface area contributed by atoms with E-state index in [1.165, 1.54) is 0 Å². The van der Waals surface area contributed by atoms with Crippen molar-refractivity contribution in [2.45, 2.75) is 72.1 Å². The summed E-state index contributed by atoms with van der Waals surface area (Å²) in [5, 5.41) is 0. The normalized spacial score (nSPS) is 22.3. The maximum absolute atomic E-state index is 6.25. The van der Waals surface area contributed by atoms with Crippen LogP contribution in [0.25, 0.3) is 0 Å². The second kappa shape index (κ2) is 15.0. The highest BCUT2D eigenvalue weighted by atomic mass is 28.4. The summed E-state index contributed by atoms with van der Waals surface area (Å²) in [6.45, 7) is 22.0. The first-order valence-corrected chi connectivity index (χ1v) is 15.3. The molecule has 9 heteroatoms. The van der Waals surface area contributed by atoms with Crippen LogP contribution in [0.15, 0.2) is 0 Å². The molecular formula is C20H46N2O5Si2. The Balaban J connectivity index is 2.96. The van der Waals surface area contributed by atoms with Gasteiger partial charge in [-0.2, -0.15) is 0 Å². The number of nitrogens with zero attached hydrogens (tertiary/aromatic N) is 2. The molecule has 1 aliphatic heterocycles. The molecule has 1 aliphatic rings. The average molecular weight is 451 g/mol. The van der Waals surface area contributed by atoms with E-state index in [1.54, 1.807) is 0 Å². The minimum absolute atomic E-state index is 0.0597. The number of rotatable bonds is 16. The van der Waals surface area contributed by atoms with Gasteiger partial charge in [0.1, 0.15) is 0 Å². The second-order valence-electron chi connectivity index (χ2n) is 7.17. The third kappa shape index (κ3) is 7.97. The molecule has 0 aromatic carbocycles. The quantitative estimate of drug-likeness (QED) is 0.264. The smallest absolute Gasteiger partial charge is 0.374 e. The van der Waals surface area contributed by atoms with Gasteiger partial charge in [0.2, 0.25) is 0 Å². The Morgan fingerprint density at radius 3 is 1.55 bits per heavy atom. The summed E-state index contributed by atoms with van der Waals surface area (Å²) in [5.41, 5.74) is 0.280. The summed E-state index contributed by atoms with van der Waals surface area (Å²) < 4.78 is 30.3. The van der Waals surface area contributed by atoms with E-state index in [0.717, 1.165) is 32.2 Å².